The molecule has 4 rings (SSSR count). The number of amides is 1. The number of carbonyl (C=O) groups excluding carboxylic acids is 1. The lowest BCUT2D eigenvalue weighted by molar-refractivity contribution is 0.0597. The molecule has 1 saturated heterocycles. The van der Waals surface area contributed by atoms with Crippen molar-refractivity contribution in [3.05, 3.63) is 99.2 Å². The molecule has 2 aromatic carbocycles. The molecule has 1 aliphatic rings. The van der Waals surface area contributed by atoms with Crippen molar-refractivity contribution in [1.82, 2.24) is 14.8 Å². The molecular weight excluding hydrogens is 450 g/mol. The van der Waals surface area contributed by atoms with Crippen LogP contribution in [0.5, 0.6) is 0 Å². The van der Waals surface area contributed by atoms with Crippen LogP contribution >= 0.6 is 27.5 Å². The summed E-state index contributed by atoms with van der Waals surface area (Å²) in [5.41, 5.74) is 3.09. The number of benzene rings is 2. The molecule has 0 spiro atoms. The first kappa shape index (κ1) is 20.1. The fourth-order valence-corrected chi connectivity index (χ4v) is 4.14. The van der Waals surface area contributed by atoms with Crippen molar-refractivity contribution in [1.29, 1.82) is 0 Å². The summed E-state index contributed by atoms with van der Waals surface area (Å²) in [5.74, 6) is 0.00807. The van der Waals surface area contributed by atoms with E-state index in [1.807, 2.05) is 11.0 Å². The third-order valence-electron chi connectivity index (χ3n) is 5.24. The number of hydrogen-bond donors (Lipinski definition) is 0. The molecule has 0 saturated carbocycles. The molecule has 0 aliphatic carbocycles. The van der Waals surface area contributed by atoms with E-state index in [-0.39, 0.29) is 11.9 Å². The zero-order valence-electron chi connectivity index (χ0n) is 15.8. The highest BCUT2D eigenvalue weighted by Crippen LogP contribution is 2.30. The van der Waals surface area contributed by atoms with Gasteiger partial charge in [0.15, 0.2) is 0 Å². The van der Waals surface area contributed by atoms with Crippen LogP contribution < -0.4 is 0 Å². The van der Waals surface area contributed by atoms with Crippen molar-refractivity contribution in [2.45, 2.75) is 6.04 Å². The summed E-state index contributed by atoms with van der Waals surface area (Å²) in [6.45, 7) is 2.98. The van der Waals surface area contributed by atoms with Gasteiger partial charge in [-0.1, -0.05) is 70.0 Å². The SMILES string of the molecule is O=C(c1ccc(Cl)nc1)N1CCN(C(c2ccccc2)c2ccc(Br)cc2)CC1. The van der Waals surface area contributed by atoms with Crippen molar-refractivity contribution in [2.24, 2.45) is 0 Å². The first-order valence-corrected chi connectivity index (χ1v) is 10.7. The lowest BCUT2D eigenvalue weighted by Gasteiger charge is -2.39. The summed E-state index contributed by atoms with van der Waals surface area (Å²) in [6.07, 6.45) is 1.55. The minimum atomic E-state index is 0.00807. The predicted octanol–water partition coefficient (Wildman–Crippen LogP) is 5.04. The number of nitrogens with zero attached hydrogens (tertiary/aromatic N) is 3. The van der Waals surface area contributed by atoms with Gasteiger partial charge in [0.25, 0.3) is 5.91 Å². The van der Waals surface area contributed by atoms with Crippen LogP contribution in [0.4, 0.5) is 0 Å². The van der Waals surface area contributed by atoms with Gasteiger partial charge in [-0.25, -0.2) is 4.98 Å². The number of carbonyl (C=O) groups is 1. The molecule has 4 nitrogen and oxygen atoms in total. The number of hydrogen-bond acceptors (Lipinski definition) is 3. The van der Waals surface area contributed by atoms with Crippen molar-refractivity contribution in [3.63, 3.8) is 0 Å². The highest BCUT2D eigenvalue weighted by Gasteiger charge is 2.28. The van der Waals surface area contributed by atoms with Gasteiger partial charge in [-0.3, -0.25) is 9.69 Å². The van der Waals surface area contributed by atoms with E-state index in [0.717, 1.165) is 17.6 Å². The first-order chi connectivity index (χ1) is 14.1. The molecule has 1 atom stereocenters. The third kappa shape index (κ3) is 4.69. The molecule has 1 fully saturated rings. The van der Waals surface area contributed by atoms with Crippen LogP contribution in [0.2, 0.25) is 5.15 Å². The number of aromatic nitrogens is 1. The number of pyridine rings is 1. The topological polar surface area (TPSA) is 36.4 Å². The normalized spacial score (nSPS) is 15.9. The summed E-state index contributed by atoms with van der Waals surface area (Å²) >= 11 is 9.36. The van der Waals surface area contributed by atoms with Gasteiger partial charge in [-0.15, -0.1) is 0 Å². The maximum absolute atomic E-state index is 12.8. The van der Waals surface area contributed by atoms with E-state index in [4.69, 9.17) is 11.6 Å². The quantitative estimate of drug-likeness (QED) is 0.501. The molecular formula is C23H21BrClN3O. The molecule has 2 heterocycles. The van der Waals surface area contributed by atoms with E-state index >= 15 is 0 Å². The van der Waals surface area contributed by atoms with Crippen LogP contribution in [0.25, 0.3) is 0 Å². The van der Waals surface area contributed by atoms with Crippen LogP contribution in [-0.2, 0) is 0 Å². The van der Waals surface area contributed by atoms with Crippen LogP contribution in [0, 0.1) is 0 Å². The fraction of sp³-hybridized carbons (Fsp3) is 0.217. The molecule has 6 heteroatoms. The van der Waals surface area contributed by atoms with Gasteiger partial charge < -0.3 is 4.90 Å². The van der Waals surface area contributed by atoms with E-state index < -0.39 is 0 Å². The number of piperazine rings is 1. The predicted molar refractivity (Wildman–Crippen MR) is 119 cm³/mol. The molecule has 1 unspecified atom stereocenters. The Kier molecular flexibility index (Phi) is 6.28. The van der Waals surface area contributed by atoms with Crippen molar-refractivity contribution in [3.8, 4) is 0 Å². The molecule has 0 bridgehead atoms. The number of rotatable bonds is 4. The smallest absolute Gasteiger partial charge is 0.255 e. The molecule has 1 aliphatic heterocycles. The Morgan fingerprint density at radius 1 is 0.897 bits per heavy atom. The largest absolute Gasteiger partial charge is 0.336 e. The average molecular weight is 471 g/mol. The van der Waals surface area contributed by atoms with Gasteiger partial charge in [-0.2, -0.15) is 0 Å². The summed E-state index contributed by atoms with van der Waals surface area (Å²) in [4.78, 5) is 21.2. The molecule has 148 valence electrons. The highest BCUT2D eigenvalue weighted by atomic mass is 79.9. The lowest BCUT2D eigenvalue weighted by atomic mass is 9.96. The van der Waals surface area contributed by atoms with Crippen LogP contribution in [0.1, 0.15) is 27.5 Å². The Bertz CT molecular complexity index is 956. The molecule has 0 radical (unpaired) electrons. The van der Waals surface area contributed by atoms with Crippen LogP contribution in [-0.4, -0.2) is 46.9 Å². The van der Waals surface area contributed by atoms with Crippen molar-refractivity contribution < 1.29 is 4.79 Å². The maximum atomic E-state index is 12.8. The van der Waals surface area contributed by atoms with Gasteiger partial charge >= 0.3 is 0 Å². The second-order valence-electron chi connectivity index (χ2n) is 7.06. The molecule has 0 N–H and O–H groups in total. The summed E-state index contributed by atoms with van der Waals surface area (Å²) in [7, 11) is 0. The Balaban J connectivity index is 1.51. The van der Waals surface area contributed by atoms with Gasteiger partial charge in [0.05, 0.1) is 11.6 Å². The molecule has 29 heavy (non-hydrogen) atoms. The van der Waals surface area contributed by atoms with Crippen molar-refractivity contribution >= 4 is 33.4 Å². The zero-order chi connectivity index (χ0) is 20.2. The van der Waals surface area contributed by atoms with Gasteiger partial charge in [0, 0.05) is 36.8 Å². The van der Waals surface area contributed by atoms with Gasteiger partial charge in [0.2, 0.25) is 0 Å². The molecule has 3 aromatic rings. The van der Waals surface area contributed by atoms with Crippen LogP contribution in [0.15, 0.2) is 77.4 Å². The third-order valence-corrected chi connectivity index (χ3v) is 5.99. The Morgan fingerprint density at radius 2 is 1.55 bits per heavy atom. The molecule has 1 amide bonds. The van der Waals surface area contributed by atoms with Crippen LogP contribution in [0.3, 0.4) is 0 Å². The van der Waals surface area contributed by atoms with E-state index in [2.05, 4.69) is 74.3 Å². The second kappa shape index (κ2) is 9.08. The Hall–Kier alpha value is -2.21. The zero-order valence-corrected chi connectivity index (χ0v) is 18.2. The molecule has 1 aromatic heterocycles. The lowest BCUT2D eigenvalue weighted by Crippen LogP contribution is -2.49. The Morgan fingerprint density at radius 3 is 2.17 bits per heavy atom. The standard InChI is InChI=1S/C23H21BrClN3O/c24-20-9-6-18(7-10-20)22(17-4-2-1-3-5-17)27-12-14-28(15-13-27)23(29)19-8-11-21(25)26-16-19/h1-11,16,22H,12-15H2. The summed E-state index contributed by atoms with van der Waals surface area (Å²) < 4.78 is 1.07. The number of halogens is 2. The van der Waals surface area contributed by atoms with E-state index in [9.17, 15) is 4.79 Å². The summed E-state index contributed by atoms with van der Waals surface area (Å²) in [6, 6.07) is 22.6. The van der Waals surface area contributed by atoms with E-state index in [0.29, 0.717) is 23.8 Å². The van der Waals surface area contributed by atoms with Gasteiger partial charge in [0.1, 0.15) is 5.15 Å². The van der Waals surface area contributed by atoms with E-state index in [1.54, 1.807) is 18.3 Å². The minimum absolute atomic E-state index is 0.00807. The highest BCUT2D eigenvalue weighted by molar-refractivity contribution is 9.10. The fourth-order valence-electron chi connectivity index (χ4n) is 3.76. The van der Waals surface area contributed by atoms with Crippen molar-refractivity contribution in [2.75, 3.05) is 26.2 Å². The first-order valence-electron chi connectivity index (χ1n) is 9.57. The Labute approximate surface area is 184 Å². The average Bonchev–Trinajstić information content (AvgIpc) is 2.77. The van der Waals surface area contributed by atoms with Gasteiger partial charge in [-0.05, 0) is 35.4 Å². The van der Waals surface area contributed by atoms with E-state index in [1.165, 1.54) is 11.1 Å². The maximum Gasteiger partial charge on any atom is 0.255 e. The summed E-state index contributed by atoms with van der Waals surface area (Å²) in [5, 5.41) is 0.395. The minimum Gasteiger partial charge on any atom is -0.336 e. The monoisotopic (exact) mass is 469 g/mol. The second-order valence-corrected chi connectivity index (χ2v) is 8.37.